The number of methoxy groups -OCH3 is 1. The predicted molar refractivity (Wildman–Crippen MR) is 126 cm³/mol. The molecule has 0 spiro atoms. The van der Waals surface area contributed by atoms with Gasteiger partial charge in [-0.05, 0) is 61.0 Å². The Kier molecular flexibility index (Phi) is 6.20. The van der Waals surface area contributed by atoms with E-state index in [0.29, 0.717) is 11.4 Å². The van der Waals surface area contributed by atoms with E-state index in [1.54, 1.807) is 24.1 Å². The van der Waals surface area contributed by atoms with Crippen molar-refractivity contribution in [3.05, 3.63) is 90.2 Å². The van der Waals surface area contributed by atoms with Crippen LogP contribution >= 0.6 is 10.6 Å². The first-order valence-electron chi connectivity index (χ1n) is 10.4. The molecule has 0 aliphatic carbocycles. The second-order valence-electron chi connectivity index (χ2n) is 8.36. The highest BCUT2D eigenvalue weighted by atomic mass is 32.3. The third kappa shape index (κ3) is 4.47. The third-order valence-electron chi connectivity index (χ3n) is 5.94. The predicted octanol–water partition coefficient (Wildman–Crippen LogP) is 5.10. The summed E-state index contributed by atoms with van der Waals surface area (Å²) in [6.45, 7) is 1.44. The zero-order chi connectivity index (χ0) is 23.8. The Hall–Kier alpha value is -2.91. The van der Waals surface area contributed by atoms with Crippen LogP contribution in [0.5, 0.6) is 5.75 Å². The molecule has 1 aliphatic heterocycles. The van der Waals surface area contributed by atoms with Crippen LogP contribution in [0.3, 0.4) is 0 Å². The largest absolute Gasteiger partial charge is 0.497 e. The third-order valence-corrected chi connectivity index (χ3v) is 7.96. The van der Waals surface area contributed by atoms with Crippen molar-refractivity contribution >= 4 is 22.2 Å². The van der Waals surface area contributed by atoms with E-state index >= 15 is 0 Å². The molecule has 1 fully saturated rings. The Morgan fingerprint density at radius 1 is 1.00 bits per heavy atom. The number of carbonyl (C=O) groups excluding carboxylic acids is 1. The van der Waals surface area contributed by atoms with Crippen LogP contribution in [-0.2, 0) is 4.79 Å². The smallest absolute Gasteiger partial charge is 0.236 e. The van der Waals surface area contributed by atoms with Gasteiger partial charge in [-0.15, -0.1) is 0 Å². The van der Waals surface area contributed by atoms with Crippen molar-refractivity contribution in [2.45, 2.75) is 23.5 Å². The van der Waals surface area contributed by atoms with Crippen molar-refractivity contribution in [2.75, 3.05) is 17.8 Å². The monoisotopic (exact) mass is 471 g/mol. The number of rotatable bonds is 7. The number of amides is 1. The fourth-order valence-corrected chi connectivity index (χ4v) is 6.08. The first-order chi connectivity index (χ1) is 15.6. The Labute approximate surface area is 193 Å². The molecule has 4 rings (SSSR count). The maximum Gasteiger partial charge on any atom is 0.236 e. The molecule has 6 nitrogen and oxygen atoms in total. The fraction of sp³-hybridized carbons (Fsp3) is 0.240. The molecule has 1 aliphatic rings. The molecule has 3 aromatic rings. The lowest BCUT2D eigenvalue weighted by atomic mass is 9.72. The Balaban J connectivity index is 1.68. The molecular weight excluding hydrogens is 445 g/mol. The summed E-state index contributed by atoms with van der Waals surface area (Å²) >= 11 is 0. The summed E-state index contributed by atoms with van der Waals surface area (Å²) in [4.78, 5) is 15.0. The molecule has 1 heterocycles. The van der Waals surface area contributed by atoms with Crippen LogP contribution in [0, 0.1) is 11.7 Å². The highest BCUT2D eigenvalue weighted by molar-refractivity contribution is 8.24. The summed E-state index contributed by atoms with van der Waals surface area (Å²) in [5.74, 6) is -1.55. The van der Waals surface area contributed by atoms with E-state index in [1.165, 1.54) is 19.1 Å². The van der Waals surface area contributed by atoms with E-state index in [9.17, 15) is 23.4 Å². The molecule has 1 saturated heterocycles. The zero-order valence-corrected chi connectivity index (χ0v) is 19.1. The van der Waals surface area contributed by atoms with Crippen LogP contribution in [-0.4, -0.2) is 38.6 Å². The number of para-hydroxylation sites is 1. The first-order valence-corrected chi connectivity index (χ1v) is 12.1. The van der Waals surface area contributed by atoms with Crippen molar-refractivity contribution in [3.63, 3.8) is 0 Å². The average molecular weight is 472 g/mol. The molecule has 3 N–H and O–H groups in total. The van der Waals surface area contributed by atoms with Gasteiger partial charge in [0.25, 0.3) is 0 Å². The van der Waals surface area contributed by atoms with Crippen molar-refractivity contribution in [1.29, 1.82) is 0 Å². The summed E-state index contributed by atoms with van der Waals surface area (Å²) in [5, 5.41) is 11.4. The number of nitrogens with zero attached hydrogens (tertiary/aromatic N) is 1. The van der Waals surface area contributed by atoms with Crippen molar-refractivity contribution < 1.29 is 28.1 Å². The molecule has 1 amide bonds. The molecule has 8 heteroatoms. The van der Waals surface area contributed by atoms with Gasteiger partial charge >= 0.3 is 0 Å². The van der Waals surface area contributed by atoms with Gasteiger partial charge in [0.2, 0.25) is 5.91 Å². The number of aliphatic hydroxyl groups is 1. The highest BCUT2D eigenvalue weighted by Crippen LogP contribution is 2.55. The fourth-order valence-electron chi connectivity index (χ4n) is 4.35. The molecule has 174 valence electrons. The highest BCUT2D eigenvalue weighted by Gasteiger charge is 2.58. The molecule has 3 atom stereocenters. The number of anilines is 1. The molecule has 0 aromatic heterocycles. The van der Waals surface area contributed by atoms with Gasteiger partial charge in [-0.1, -0.05) is 30.3 Å². The van der Waals surface area contributed by atoms with E-state index in [1.807, 2.05) is 42.5 Å². The topological polar surface area (TPSA) is 90.2 Å². The molecule has 33 heavy (non-hydrogen) atoms. The minimum Gasteiger partial charge on any atom is -0.497 e. The minimum absolute atomic E-state index is 0.108. The quantitative estimate of drug-likeness (QED) is 0.417. The number of hydrogen-bond donors (Lipinski definition) is 3. The summed E-state index contributed by atoms with van der Waals surface area (Å²) < 4.78 is 40.1. The molecule has 0 unspecified atom stereocenters. The molecule has 0 bridgehead atoms. The first kappa shape index (κ1) is 23.3. The summed E-state index contributed by atoms with van der Waals surface area (Å²) in [7, 11) is -1.92. The number of β-lactam (4-membered cyclic amide) rings is 1. The van der Waals surface area contributed by atoms with Crippen molar-refractivity contribution in [1.82, 2.24) is 0 Å². The maximum absolute atomic E-state index is 13.3. The van der Waals surface area contributed by atoms with Crippen LogP contribution in [0.25, 0.3) is 0 Å². The summed E-state index contributed by atoms with van der Waals surface area (Å²) in [6, 6.07) is 20.6. The average Bonchev–Trinajstić information content (AvgIpc) is 2.77. The van der Waals surface area contributed by atoms with Crippen LogP contribution in [0.2, 0.25) is 0 Å². The maximum atomic E-state index is 13.3. The van der Waals surface area contributed by atoms with Crippen LogP contribution in [0.4, 0.5) is 10.1 Å². The standard InChI is InChI=1S/C25H26FNO5S/c1-25(29,16-33(30,31)21-14-10-18(26)11-15-21)22-23(17-8-12-20(32-2)13-9-17)27(24(22)28)19-6-4-3-5-7-19/h3-15,22-23,29-31H,16H2,1-2H3/t22-,23-,25-/m1/s1. The van der Waals surface area contributed by atoms with Gasteiger partial charge in [0.15, 0.2) is 0 Å². The minimum atomic E-state index is -3.49. The lowest BCUT2D eigenvalue weighted by molar-refractivity contribution is -0.141. The number of hydrogen-bond acceptors (Lipinski definition) is 5. The van der Waals surface area contributed by atoms with Crippen molar-refractivity contribution in [2.24, 2.45) is 5.92 Å². The SMILES string of the molecule is COc1ccc([C@@H]2[C@@H]([C@](C)(O)CS(O)(O)c3ccc(F)cc3)C(=O)N2c2ccccc2)cc1. The van der Waals surface area contributed by atoms with Gasteiger partial charge in [0, 0.05) is 5.69 Å². The number of benzene rings is 3. The van der Waals surface area contributed by atoms with Crippen LogP contribution in [0.1, 0.15) is 18.5 Å². The van der Waals surface area contributed by atoms with E-state index in [0.717, 1.165) is 17.7 Å². The summed E-state index contributed by atoms with van der Waals surface area (Å²) in [6.07, 6.45) is 0. The van der Waals surface area contributed by atoms with Gasteiger partial charge in [0.1, 0.15) is 11.6 Å². The van der Waals surface area contributed by atoms with E-state index in [4.69, 9.17) is 4.74 Å². The van der Waals surface area contributed by atoms with Gasteiger partial charge in [-0.25, -0.2) is 4.39 Å². The van der Waals surface area contributed by atoms with Gasteiger partial charge in [0.05, 0.1) is 35.3 Å². The second kappa shape index (κ2) is 8.79. The molecule has 0 radical (unpaired) electrons. The van der Waals surface area contributed by atoms with Gasteiger partial charge < -0.3 is 14.7 Å². The van der Waals surface area contributed by atoms with E-state index < -0.39 is 39.7 Å². The summed E-state index contributed by atoms with van der Waals surface area (Å²) in [5.41, 5.74) is -0.288. The number of ether oxygens (including phenoxy) is 1. The van der Waals surface area contributed by atoms with Crippen LogP contribution < -0.4 is 9.64 Å². The van der Waals surface area contributed by atoms with Gasteiger partial charge in [-0.3, -0.25) is 13.9 Å². The lowest BCUT2D eigenvalue weighted by Crippen LogP contribution is -2.64. The zero-order valence-electron chi connectivity index (χ0n) is 18.3. The van der Waals surface area contributed by atoms with E-state index in [2.05, 4.69) is 0 Å². The normalized spacial score (nSPS) is 20.7. The molecular formula is C25H26FNO5S. The van der Waals surface area contributed by atoms with E-state index in [-0.39, 0.29) is 10.8 Å². The number of carbonyl (C=O) groups is 1. The lowest BCUT2D eigenvalue weighted by Gasteiger charge is -2.54. The number of halogens is 1. The molecule has 0 saturated carbocycles. The van der Waals surface area contributed by atoms with Crippen molar-refractivity contribution in [3.8, 4) is 5.75 Å². The van der Waals surface area contributed by atoms with Crippen LogP contribution in [0.15, 0.2) is 83.8 Å². The second-order valence-corrected chi connectivity index (χ2v) is 10.5. The Morgan fingerprint density at radius 2 is 1.61 bits per heavy atom. The molecule has 3 aromatic carbocycles. The van der Waals surface area contributed by atoms with Gasteiger partial charge in [-0.2, -0.15) is 10.6 Å². The Morgan fingerprint density at radius 3 is 2.18 bits per heavy atom. The Bertz CT molecular complexity index is 1120.